The first-order chi connectivity index (χ1) is 12.1. The topological polar surface area (TPSA) is 58.9 Å². The molecule has 26 heavy (non-hydrogen) atoms. The Kier molecular flexibility index (Phi) is 8.49. The maximum atomic E-state index is 10.5. The fourth-order valence-corrected chi connectivity index (χ4v) is 9.18. The predicted molar refractivity (Wildman–Crippen MR) is 109 cm³/mol. The van der Waals surface area contributed by atoms with Crippen LogP contribution in [-0.4, -0.2) is 32.2 Å². The van der Waals surface area contributed by atoms with E-state index in [0.29, 0.717) is 27.8 Å². The van der Waals surface area contributed by atoms with Gasteiger partial charge in [-0.3, -0.25) is 0 Å². The molecule has 0 amide bonds. The average Bonchev–Trinajstić information content (AvgIpc) is 2.53. The Hall–Kier alpha value is -1.19. The average molecular weight is 399 g/mol. The first-order valence-corrected chi connectivity index (χ1v) is 11.5. The van der Waals surface area contributed by atoms with E-state index in [4.69, 9.17) is 21.1 Å². The molecule has 2 N–H and O–H groups in total. The van der Waals surface area contributed by atoms with Gasteiger partial charge in [0.05, 0.1) is 17.2 Å². The summed E-state index contributed by atoms with van der Waals surface area (Å²) in [4.78, 5) is 0. The number of benzene rings is 1. The van der Waals surface area contributed by atoms with Crippen LogP contribution in [-0.2, 0) is 16.1 Å². The Morgan fingerprint density at radius 2 is 1.62 bits per heavy atom. The van der Waals surface area contributed by atoms with Crippen molar-refractivity contribution in [3.8, 4) is 23.0 Å². The monoisotopic (exact) mass is 398 g/mol. The van der Waals surface area contributed by atoms with E-state index in [9.17, 15) is 10.2 Å². The summed E-state index contributed by atoms with van der Waals surface area (Å²) in [7, 11) is -0.470. The van der Waals surface area contributed by atoms with E-state index in [1.807, 2.05) is 0 Å². The molecule has 0 aromatic heterocycles. The summed E-state index contributed by atoms with van der Waals surface area (Å²) in [5.74, 6) is 3.01. The first kappa shape index (κ1) is 22.8. The van der Waals surface area contributed by atoms with E-state index in [1.54, 1.807) is 0 Å². The summed E-state index contributed by atoms with van der Waals surface area (Å²) in [6.07, 6.45) is 0. The fourth-order valence-electron chi connectivity index (χ4n) is 3.78. The quantitative estimate of drug-likeness (QED) is 0.211. The third-order valence-electron chi connectivity index (χ3n) is 5.06. The summed E-state index contributed by atoms with van der Waals surface area (Å²) in [5.41, 5.74) is 5.68. The van der Waals surface area contributed by atoms with Crippen molar-refractivity contribution in [3.05, 3.63) is 22.2 Å². The van der Waals surface area contributed by atoms with Crippen molar-refractivity contribution in [1.29, 1.82) is 0 Å². The summed E-state index contributed by atoms with van der Waals surface area (Å²) < 4.78 is 10.3. The Morgan fingerprint density at radius 3 is 2.08 bits per heavy atom. The van der Waals surface area contributed by atoms with Gasteiger partial charge in [0.1, 0.15) is 26.4 Å². The highest BCUT2D eigenvalue weighted by atomic mass is 35.5. The van der Waals surface area contributed by atoms with Crippen LogP contribution in [0.2, 0.25) is 21.6 Å². The SMILES string of the molecule is COCOCc1c(O)cc(Cl)c(O)c1C#C[Si](C(C)C)(C(C)C)C(C)C. The minimum Gasteiger partial charge on any atom is -0.507 e. The van der Waals surface area contributed by atoms with Crippen molar-refractivity contribution in [3.63, 3.8) is 0 Å². The van der Waals surface area contributed by atoms with Gasteiger partial charge in [-0.2, -0.15) is 0 Å². The standard InChI is InChI=1S/C20H31ClO4Si/c1-13(2)26(14(3)4,15(5)6)9-8-16-17(11-25-12-24-7)19(22)10-18(21)20(16)23/h10,13-15,22-23H,11-12H2,1-7H3. The number of phenolic OH excluding ortho intramolecular Hbond substituents is 2. The van der Waals surface area contributed by atoms with Gasteiger partial charge in [0.2, 0.25) is 0 Å². The van der Waals surface area contributed by atoms with Crippen molar-refractivity contribution < 1.29 is 19.7 Å². The summed E-state index contributed by atoms with van der Waals surface area (Å²) >= 11 is 6.06. The van der Waals surface area contributed by atoms with Crippen LogP contribution in [0.3, 0.4) is 0 Å². The minimum atomic E-state index is -1.99. The third-order valence-corrected chi connectivity index (χ3v) is 11.6. The molecule has 1 aromatic rings. The van der Waals surface area contributed by atoms with E-state index in [1.165, 1.54) is 13.2 Å². The summed E-state index contributed by atoms with van der Waals surface area (Å²) in [6, 6.07) is 1.31. The second-order valence-electron chi connectivity index (χ2n) is 7.48. The second kappa shape index (κ2) is 9.66. The van der Waals surface area contributed by atoms with Crippen LogP contribution in [0.15, 0.2) is 6.07 Å². The van der Waals surface area contributed by atoms with Crippen molar-refractivity contribution in [2.24, 2.45) is 0 Å². The molecule has 0 atom stereocenters. The van der Waals surface area contributed by atoms with Gasteiger partial charge in [-0.05, 0) is 16.6 Å². The van der Waals surface area contributed by atoms with E-state index < -0.39 is 8.07 Å². The minimum absolute atomic E-state index is 0.0425. The maximum Gasteiger partial charge on any atom is 0.150 e. The highest BCUT2D eigenvalue weighted by Crippen LogP contribution is 2.42. The zero-order chi connectivity index (χ0) is 20.1. The van der Waals surface area contributed by atoms with Crippen LogP contribution in [0.5, 0.6) is 11.5 Å². The molecule has 0 saturated carbocycles. The number of rotatable bonds is 7. The van der Waals surface area contributed by atoms with Gasteiger partial charge in [-0.25, -0.2) is 0 Å². The van der Waals surface area contributed by atoms with E-state index in [2.05, 4.69) is 53.0 Å². The number of methoxy groups -OCH3 is 1. The summed E-state index contributed by atoms with van der Waals surface area (Å²) in [6.45, 7) is 13.5. The molecule has 0 bridgehead atoms. The predicted octanol–water partition coefficient (Wildman–Crippen LogP) is 5.44. The Balaban J connectivity index is 3.54. The van der Waals surface area contributed by atoms with Crippen molar-refractivity contribution in [2.45, 2.75) is 64.8 Å². The molecule has 0 fully saturated rings. The molecule has 1 rings (SSSR count). The van der Waals surface area contributed by atoms with Crippen molar-refractivity contribution >= 4 is 19.7 Å². The van der Waals surface area contributed by atoms with E-state index in [0.717, 1.165) is 0 Å². The van der Waals surface area contributed by atoms with E-state index in [-0.39, 0.29) is 29.9 Å². The largest absolute Gasteiger partial charge is 0.507 e. The molecule has 146 valence electrons. The highest BCUT2D eigenvalue weighted by molar-refractivity contribution is 6.90. The van der Waals surface area contributed by atoms with Gasteiger partial charge in [-0.1, -0.05) is 59.1 Å². The molecule has 0 aliphatic carbocycles. The zero-order valence-electron chi connectivity index (χ0n) is 16.8. The van der Waals surface area contributed by atoms with Crippen LogP contribution in [0.4, 0.5) is 0 Å². The maximum absolute atomic E-state index is 10.5. The molecule has 0 radical (unpaired) electrons. The number of phenols is 2. The zero-order valence-corrected chi connectivity index (χ0v) is 18.6. The first-order valence-electron chi connectivity index (χ1n) is 8.92. The molecule has 0 unspecified atom stereocenters. The van der Waals surface area contributed by atoms with Crippen molar-refractivity contribution in [2.75, 3.05) is 13.9 Å². The van der Waals surface area contributed by atoms with Gasteiger partial charge in [0.15, 0.2) is 0 Å². The smallest absolute Gasteiger partial charge is 0.150 e. The van der Waals surface area contributed by atoms with Gasteiger partial charge < -0.3 is 19.7 Å². The van der Waals surface area contributed by atoms with Gasteiger partial charge in [0.25, 0.3) is 0 Å². The summed E-state index contributed by atoms with van der Waals surface area (Å²) in [5, 5.41) is 20.8. The Morgan fingerprint density at radius 1 is 1.08 bits per heavy atom. The van der Waals surface area contributed by atoms with Crippen molar-refractivity contribution in [1.82, 2.24) is 0 Å². The van der Waals surface area contributed by atoms with Crippen LogP contribution in [0, 0.1) is 11.5 Å². The number of hydrogen-bond donors (Lipinski definition) is 2. The van der Waals surface area contributed by atoms with Crippen LogP contribution >= 0.6 is 11.6 Å². The Bertz CT molecular complexity index is 653. The van der Waals surface area contributed by atoms with Gasteiger partial charge >= 0.3 is 0 Å². The second-order valence-corrected chi connectivity index (χ2v) is 13.5. The lowest BCUT2D eigenvalue weighted by Crippen LogP contribution is -2.43. The molecule has 0 aliphatic heterocycles. The lowest BCUT2D eigenvalue weighted by atomic mass is 10.1. The lowest BCUT2D eigenvalue weighted by Gasteiger charge is -2.38. The van der Waals surface area contributed by atoms with Crippen LogP contribution < -0.4 is 0 Å². The normalized spacial score (nSPS) is 12.0. The van der Waals surface area contributed by atoms with Gasteiger partial charge in [0, 0.05) is 18.7 Å². The highest BCUT2D eigenvalue weighted by Gasteiger charge is 2.41. The van der Waals surface area contributed by atoms with Crippen LogP contribution in [0.25, 0.3) is 0 Å². The molecule has 0 aliphatic rings. The molecule has 0 saturated heterocycles. The molecule has 0 heterocycles. The number of hydrogen-bond acceptors (Lipinski definition) is 4. The fraction of sp³-hybridized carbons (Fsp3) is 0.600. The van der Waals surface area contributed by atoms with Crippen LogP contribution in [0.1, 0.15) is 52.7 Å². The number of ether oxygens (including phenoxy) is 2. The molecule has 0 spiro atoms. The molecule has 1 aromatic carbocycles. The number of halogens is 1. The molecular weight excluding hydrogens is 368 g/mol. The number of aromatic hydroxyl groups is 2. The molecule has 6 heteroatoms. The third kappa shape index (κ3) is 4.75. The van der Waals surface area contributed by atoms with E-state index >= 15 is 0 Å². The molecular formula is C20H31ClO4Si. The lowest BCUT2D eigenvalue weighted by molar-refractivity contribution is -0.0396. The Labute approximate surface area is 163 Å². The van der Waals surface area contributed by atoms with Gasteiger partial charge in [-0.15, -0.1) is 5.54 Å². The molecule has 4 nitrogen and oxygen atoms in total.